The van der Waals surface area contributed by atoms with E-state index < -0.39 is 12.0 Å². The minimum atomic E-state index is -0.911. The van der Waals surface area contributed by atoms with Crippen molar-refractivity contribution in [3.63, 3.8) is 0 Å². The second-order valence-corrected chi connectivity index (χ2v) is 4.40. The fourth-order valence-corrected chi connectivity index (χ4v) is 1.95. The maximum Gasteiger partial charge on any atom is 0.348 e. The number of carbonyl (C=O) groups is 2. The van der Waals surface area contributed by atoms with Gasteiger partial charge in [0.15, 0.2) is 6.54 Å². The Bertz CT molecular complexity index is 457. The standard InChI is InChI=1S/C11H15N3O4/c1-13-2-3-14(7-13)6-10(15)18-8-4-9(11(16)17)12-5-8/h2-3,7-9,12H,4-6H2,1H3/p+1/t8-,9+/m1/s1. The minimum Gasteiger partial charge on any atom is -0.480 e. The van der Waals surface area contributed by atoms with Gasteiger partial charge in [-0.1, -0.05) is 0 Å². The van der Waals surface area contributed by atoms with Crippen molar-refractivity contribution in [2.75, 3.05) is 6.54 Å². The number of rotatable bonds is 4. The Morgan fingerprint density at radius 2 is 2.39 bits per heavy atom. The summed E-state index contributed by atoms with van der Waals surface area (Å²) in [5, 5.41) is 11.6. The summed E-state index contributed by atoms with van der Waals surface area (Å²) < 4.78 is 8.74. The number of aryl methyl sites for hydroxylation is 1. The summed E-state index contributed by atoms with van der Waals surface area (Å²) in [5.41, 5.74) is 0. The largest absolute Gasteiger partial charge is 0.480 e. The Labute approximate surface area is 104 Å². The van der Waals surface area contributed by atoms with E-state index in [1.807, 2.05) is 17.8 Å². The van der Waals surface area contributed by atoms with Crippen molar-refractivity contribution in [2.24, 2.45) is 7.05 Å². The average molecular weight is 254 g/mol. The van der Waals surface area contributed by atoms with E-state index in [1.54, 1.807) is 17.1 Å². The van der Waals surface area contributed by atoms with Gasteiger partial charge in [0, 0.05) is 13.0 Å². The molecule has 1 saturated heterocycles. The van der Waals surface area contributed by atoms with Gasteiger partial charge in [0.05, 0.1) is 7.05 Å². The van der Waals surface area contributed by atoms with Gasteiger partial charge in [-0.15, -0.1) is 0 Å². The van der Waals surface area contributed by atoms with Crippen molar-refractivity contribution in [2.45, 2.75) is 25.1 Å². The third-order valence-electron chi connectivity index (χ3n) is 2.82. The number of aromatic nitrogens is 2. The fraction of sp³-hybridized carbons (Fsp3) is 0.545. The van der Waals surface area contributed by atoms with Crippen molar-refractivity contribution >= 4 is 11.9 Å². The lowest BCUT2D eigenvalue weighted by molar-refractivity contribution is -0.671. The van der Waals surface area contributed by atoms with E-state index in [2.05, 4.69) is 5.32 Å². The molecule has 0 saturated carbocycles. The molecule has 2 N–H and O–H groups in total. The summed E-state index contributed by atoms with van der Waals surface area (Å²) in [6.45, 7) is 0.525. The zero-order valence-electron chi connectivity index (χ0n) is 10.1. The van der Waals surface area contributed by atoms with Gasteiger partial charge < -0.3 is 15.2 Å². The molecule has 7 nitrogen and oxygen atoms in total. The van der Waals surface area contributed by atoms with E-state index >= 15 is 0 Å². The number of ether oxygens (including phenoxy) is 1. The van der Waals surface area contributed by atoms with Crippen LogP contribution in [-0.2, 0) is 27.9 Å². The third kappa shape index (κ3) is 3.07. The Balaban J connectivity index is 1.80. The first-order valence-corrected chi connectivity index (χ1v) is 5.71. The maximum atomic E-state index is 11.6. The molecule has 0 amide bonds. The number of hydrogen-bond acceptors (Lipinski definition) is 4. The molecule has 98 valence electrons. The molecule has 2 rings (SSSR count). The molecule has 2 heterocycles. The lowest BCUT2D eigenvalue weighted by Gasteiger charge is -2.09. The molecule has 18 heavy (non-hydrogen) atoms. The number of nitrogens with zero attached hydrogens (tertiary/aromatic N) is 2. The van der Waals surface area contributed by atoms with Crippen LogP contribution in [0.1, 0.15) is 6.42 Å². The van der Waals surface area contributed by atoms with Crippen LogP contribution in [0.15, 0.2) is 18.7 Å². The summed E-state index contributed by atoms with van der Waals surface area (Å²) >= 11 is 0. The van der Waals surface area contributed by atoms with Gasteiger partial charge in [-0.2, -0.15) is 0 Å². The van der Waals surface area contributed by atoms with Gasteiger partial charge in [0.2, 0.25) is 6.33 Å². The molecule has 0 radical (unpaired) electrons. The molecule has 0 bridgehead atoms. The highest BCUT2D eigenvalue weighted by atomic mass is 16.5. The van der Waals surface area contributed by atoms with Crippen molar-refractivity contribution in [1.82, 2.24) is 9.88 Å². The zero-order chi connectivity index (χ0) is 13.1. The topological polar surface area (TPSA) is 84.4 Å². The summed E-state index contributed by atoms with van der Waals surface area (Å²) in [4.78, 5) is 22.3. The second kappa shape index (κ2) is 5.18. The van der Waals surface area contributed by atoms with Crippen molar-refractivity contribution in [3.8, 4) is 0 Å². The number of esters is 1. The number of imidazole rings is 1. The number of nitrogens with one attached hydrogen (secondary N) is 1. The summed E-state index contributed by atoms with van der Waals surface area (Å²) in [7, 11) is 1.86. The molecule has 0 aromatic carbocycles. The van der Waals surface area contributed by atoms with Crippen LogP contribution in [0.5, 0.6) is 0 Å². The SMILES string of the molecule is C[n+]1ccn(CC(=O)O[C@H]2CN[C@H](C(=O)O)C2)c1. The van der Waals surface area contributed by atoms with Gasteiger partial charge in [-0.05, 0) is 0 Å². The van der Waals surface area contributed by atoms with Crippen molar-refractivity contribution in [3.05, 3.63) is 18.7 Å². The Hall–Kier alpha value is -1.89. The molecule has 1 fully saturated rings. The molecule has 2 atom stereocenters. The van der Waals surface area contributed by atoms with E-state index in [-0.39, 0.29) is 18.6 Å². The monoisotopic (exact) mass is 254 g/mol. The first kappa shape index (κ1) is 12.6. The quantitative estimate of drug-likeness (QED) is 0.514. The fourth-order valence-electron chi connectivity index (χ4n) is 1.95. The second-order valence-electron chi connectivity index (χ2n) is 4.40. The highest BCUT2D eigenvalue weighted by Crippen LogP contribution is 2.11. The lowest BCUT2D eigenvalue weighted by atomic mass is 10.2. The Morgan fingerprint density at radius 3 is 2.94 bits per heavy atom. The van der Waals surface area contributed by atoms with Gasteiger partial charge >= 0.3 is 11.9 Å². The van der Waals surface area contributed by atoms with Crippen LogP contribution >= 0.6 is 0 Å². The van der Waals surface area contributed by atoms with Gasteiger partial charge in [-0.25, -0.2) is 13.9 Å². The number of carboxylic acids is 1. The first-order chi connectivity index (χ1) is 8.54. The van der Waals surface area contributed by atoms with Crippen molar-refractivity contribution < 1.29 is 24.0 Å². The van der Waals surface area contributed by atoms with Crippen molar-refractivity contribution in [1.29, 1.82) is 0 Å². The van der Waals surface area contributed by atoms with Crippen LogP contribution in [0.4, 0.5) is 0 Å². The predicted octanol–water partition coefficient (Wildman–Crippen LogP) is -1.33. The first-order valence-electron chi connectivity index (χ1n) is 5.71. The summed E-state index contributed by atoms with van der Waals surface area (Å²) in [6.07, 6.45) is 5.33. The average Bonchev–Trinajstić information content (AvgIpc) is 2.88. The Kier molecular flexibility index (Phi) is 3.61. The van der Waals surface area contributed by atoms with Crippen LogP contribution in [0, 0.1) is 0 Å². The van der Waals surface area contributed by atoms with Crippen LogP contribution < -0.4 is 9.88 Å². The molecule has 1 aromatic heterocycles. The van der Waals surface area contributed by atoms with Crippen LogP contribution in [0.2, 0.25) is 0 Å². The van der Waals surface area contributed by atoms with E-state index in [0.717, 1.165) is 0 Å². The maximum absolute atomic E-state index is 11.6. The highest BCUT2D eigenvalue weighted by molar-refractivity contribution is 5.74. The minimum absolute atomic E-state index is 0.134. The number of carbonyl (C=O) groups excluding carboxylic acids is 1. The molecule has 1 aliphatic heterocycles. The molecule has 0 unspecified atom stereocenters. The van der Waals surface area contributed by atoms with E-state index in [1.165, 1.54) is 0 Å². The molecule has 1 aliphatic rings. The highest BCUT2D eigenvalue weighted by Gasteiger charge is 2.31. The lowest BCUT2D eigenvalue weighted by Crippen LogP contribution is -2.30. The molecule has 7 heteroatoms. The normalized spacial score (nSPS) is 22.9. The smallest absolute Gasteiger partial charge is 0.348 e. The van der Waals surface area contributed by atoms with Crippen LogP contribution in [0.3, 0.4) is 0 Å². The van der Waals surface area contributed by atoms with E-state index in [0.29, 0.717) is 13.0 Å². The molecule has 1 aromatic rings. The van der Waals surface area contributed by atoms with Gasteiger partial charge in [0.25, 0.3) is 0 Å². The van der Waals surface area contributed by atoms with Crippen LogP contribution in [0.25, 0.3) is 0 Å². The predicted molar refractivity (Wildman–Crippen MR) is 59.5 cm³/mol. The van der Waals surface area contributed by atoms with Gasteiger partial charge in [-0.3, -0.25) is 4.79 Å². The van der Waals surface area contributed by atoms with E-state index in [9.17, 15) is 9.59 Å². The molecule has 0 spiro atoms. The van der Waals surface area contributed by atoms with E-state index in [4.69, 9.17) is 9.84 Å². The molecule has 0 aliphatic carbocycles. The molecular formula is C11H16N3O4+. The number of aliphatic carboxylic acids is 1. The van der Waals surface area contributed by atoms with Gasteiger partial charge in [0.1, 0.15) is 24.5 Å². The summed E-state index contributed by atoms with van der Waals surface area (Å²) in [6, 6.07) is -0.618. The third-order valence-corrected chi connectivity index (χ3v) is 2.82. The Morgan fingerprint density at radius 1 is 1.61 bits per heavy atom. The summed E-state index contributed by atoms with van der Waals surface area (Å²) in [5.74, 6) is -1.27. The zero-order valence-corrected chi connectivity index (χ0v) is 10.1. The number of hydrogen-bond donors (Lipinski definition) is 2. The number of carboxylic acid groups (broad SMARTS) is 1. The molecular weight excluding hydrogens is 238 g/mol. The van der Waals surface area contributed by atoms with Crippen LogP contribution in [-0.4, -0.2) is 40.3 Å².